The molecule has 2 aromatic heterocycles. The SMILES string of the molecule is [2H]c1cc(C(=O)N2CCn3c(-c4nc(N5CCCC5)ns4)nnc3[C@H]2C)ccc1F. The van der Waals surface area contributed by atoms with Crippen molar-refractivity contribution in [2.75, 3.05) is 24.5 Å². The minimum absolute atomic E-state index is 0.251. The van der Waals surface area contributed by atoms with Crippen LogP contribution in [0, 0.1) is 5.82 Å². The number of nitrogens with zero attached hydrogens (tertiary/aromatic N) is 7. The highest BCUT2D eigenvalue weighted by atomic mass is 32.1. The third kappa shape index (κ3) is 3.17. The van der Waals surface area contributed by atoms with Gasteiger partial charge in [0.05, 0.1) is 7.41 Å². The monoisotopic (exact) mass is 414 g/mol. The number of halogens is 1. The summed E-state index contributed by atoms with van der Waals surface area (Å²) in [6.45, 7) is 4.83. The third-order valence-electron chi connectivity index (χ3n) is 5.46. The standard InChI is InChI=1S/C19H20FN7OS/c1-12-15-22-23-16(17-21-19(24-29-17)25-8-2-3-9-25)27(15)11-10-26(12)18(28)13-4-6-14(20)7-5-13/h4-7,12H,2-3,8-11H2,1H3/t12-/m1/s1/i6D. The molecule has 0 aliphatic carbocycles. The average molecular weight is 414 g/mol. The van der Waals surface area contributed by atoms with E-state index in [2.05, 4.69) is 24.5 Å². The molecular weight excluding hydrogens is 393 g/mol. The Morgan fingerprint density at radius 1 is 1.21 bits per heavy atom. The highest BCUT2D eigenvalue weighted by Gasteiger charge is 2.33. The Morgan fingerprint density at radius 2 is 2.03 bits per heavy atom. The van der Waals surface area contributed by atoms with Crippen molar-refractivity contribution >= 4 is 23.4 Å². The quantitative estimate of drug-likeness (QED) is 0.656. The lowest BCUT2D eigenvalue weighted by Gasteiger charge is -2.33. The van der Waals surface area contributed by atoms with E-state index in [1.807, 2.05) is 11.5 Å². The molecule has 0 saturated carbocycles. The summed E-state index contributed by atoms with van der Waals surface area (Å²) >= 11 is 1.31. The van der Waals surface area contributed by atoms with Gasteiger partial charge in [0.25, 0.3) is 5.91 Å². The molecular formula is C19H20FN7OS. The van der Waals surface area contributed by atoms with E-state index in [1.54, 1.807) is 4.90 Å². The van der Waals surface area contributed by atoms with Gasteiger partial charge in [-0.15, -0.1) is 10.2 Å². The molecule has 0 unspecified atom stereocenters. The van der Waals surface area contributed by atoms with Gasteiger partial charge >= 0.3 is 0 Å². The van der Waals surface area contributed by atoms with Gasteiger partial charge < -0.3 is 14.4 Å². The number of carbonyl (C=O) groups excluding carboxylic acids is 1. The van der Waals surface area contributed by atoms with Gasteiger partial charge in [-0.25, -0.2) is 4.39 Å². The van der Waals surface area contributed by atoms with E-state index in [1.165, 1.54) is 23.7 Å². The van der Waals surface area contributed by atoms with E-state index in [0.29, 0.717) is 30.3 Å². The Labute approximate surface area is 172 Å². The summed E-state index contributed by atoms with van der Waals surface area (Å²) in [5, 5.41) is 9.38. The maximum Gasteiger partial charge on any atom is 0.254 e. The van der Waals surface area contributed by atoms with Crippen molar-refractivity contribution in [3.05, 3.63) is 41.4 Å². The van der Waals surface area contributed by atoms with Crippen molar-refractivity contribution in [2.45, 2.75) is 32.4 Å². The molecule has 5 rings (SSSR count). The first-order valence-corrected chi connectivity index (χ1v) is 10.4. The van der Waals surface area contributed by atoms with Gasteiger partial charge in [0, 0.05) is 31.7 Å². The summed E-state index contributed by atoms with van der Waals surface area (Å²) in [6, 6.07) is 3.22. The van der Waals surface area contributed by atoms with E-state index < -0.39 is 5.82 Å². The fourth-order valence-corrected chi connectivity index (χ4v) is 4.56. The number of hydrogen-bond acceptors (Lipinski definition) is 7. The summed E-state index contributed by atoms with van der Waals surface area (Å²) < 4.78 is 27.5. The van der Waals surface area contributed by atoms with Crippen LogP contribution < -0.4 is 4.90 Å². The number of amides is 1. The zero-order valence-corrected chi connectivity index (χ0v) is 16.7. The molecule has 1 fully saturated rings. The van der Waals surface area contributed by atoms with Crippen LogP contribution in [0.5, 0.6) is 0 Å². The van der Waals surface area contributed by atoms with Gasteiger partial charge in [0.2, 0.25) is 5.95 Å². The minimum atomic E-state index is -0.645. The molecule has 1 aromatic carbocycles. The molecule has 0 bridgehead atoms. The second-order valence-corrected chi connectivity index (χ2v) is 7.98. The first kappa shape index (κ1) is 17.0. The smallest absolute Gasteiger partial charge is 0.254 e. The van der Waals surface area contributed by atoms with Crippen LogP contribution in [-0.4, -0.2) is 54.6 Å². The van der Waals surface area contributed by atoms with Gasteiger partial charge in [-0.2, -0.15) is 9.36 Å². The van der Waals surface area contributed by atoms with Crippen molar-refractivity contribution in [3.63, 3.8) is 0 Å². The zero-order valence-electron chi connectivity index (χ0n) is 16.9. The maximum atomic E-state index is 13.4. The molecule has 8 nitrogen and oxygen atoms in total. The van der Waals surface area contributed by atoms with Crippen LogP contribution in [0.1, 0.15) is 43.4 Å². The topological polar surface area (TPSA) is 80.0 Å². The van der Waals surface area contributed by atoms with Crippen LogP contribution in [-0.2, 0) is 6.54 Å². The summed E-state index contributed by atoms with van der Waals surface area (Å²) in [7, 11) is 0. The van der Waals surface area contributed by atoms with E-state index in [-0.39, 0.29) is 18.0 Å². The van der Waals surface area contributed by atoms with Crippen LogP contribution in [0.15, 0.2) is 24.2 Å². The lowest BCUT2D eigenvalue weighted by atomic mass is 10.1. The van der Waals surface area contributed by atoms with Crippen molar-refractivity contribution in [1.82, 2.24) is 29.0 Å². The van der Waals surface area contributed by atoms with Gasteiger partial charge in [-0.05, 0) is 55.5 Å². The number of rotatable bonds is 3. The summed E-state index contributed by atoms with van der Waals surface area (Å²) in [5.74, 6) is 1.19. The van der Waals surface area contributed by atoms with Crippen LogP contribution in [0.2, 0.25) is 0 Å². The first-order valence-electron chi connectivity index (χ1n) is 10.1. The molecule has 2 aliphatic rings. The molecule has 1 amide bonds. The zero-order chi connectivity index (χ0) is 20.8. The number of fused-ring (bicyclic) bond motifs is 1. The molecule has 0 N–H and O–H groups in total. The summed E-state index contributed by atoms with van der Waals surface area (Å²) in [6.07, 6.45) is 2.32. The number of anilines is 1. The molecule has 4 heterocycles. The lowest BCUT2D eigenvalue weighted by Crippen LogP contribution is -2.41. The minimum Gasteiger partial charge on any atom is -0.340 e. The molecule has 0 radical (unpaired) electrons. The Hall–Kier alpha value is -2.88. The average Bonchev–Trinajstić information content (AvgIpc) is 3.49. The molecule has 3 aromatic rings. The highest BCUT2D eigenvalue weighted by Crippen LogP contribution is 2.31. The molecule has 10 heteroatoms. The van der Waals surface area contributed by atoms with Crippen molar-refractivity contribution < 1.29 is 10.6 Å². The van der Waals surface area contributed by atoms with E-state index >= 15 is 0 Å². The largest absolute Gasteiger partial charge is 0.340 e. The molecule has 1 saturated heterocycles. The van der Waals surface area contributed by atoms with E-state index in [0.717, 1.165) is 43.0 Å². The van der Waals surface area contributed by atoms with Crippen LogP contribution in [0.4, 0.5) is 10.3 Å². The number of carbonyl (C=O) groups is 1. The number of benzene rings is 1. The molecule has 150 valence electrons. The fourth-order valence-electron chi connectivity index (χ4n) is 3.88. The predicted molar refractivity (Wildman–Crippen MR) is 106 cm³/mol. The van der Waals surface area contributed by atoms with Gasteiger partial charge in [0.15, 0.2) is 16.7 Å². The van der Waals surface area contributed by atoms with E-state index in [9.17, 15) is 9.18 Å². The number of hydrogen-bond donors (Lipinski definition) is 0. The van der Waals surface area contributed by atoms with Crippen LogP contribution >= 0.6 is 11.5 Å². The molecule has 1 atom stereocenters. The molecule has 0 spiro atoms. The van der Waals surface area contributed by atoms with Crippen molar-refractivity contribution in [3.8, 4) is 10.8 Å². The van der Waals surface area contributed by atoms with Crippen LogP contribution in [0.25, 0.3) is 10.8 Å². The van der Waals surface area contributed by atoms with Gasteiger partial charge in [0.1, 0.15) is 5.82 Å². The highest BCUT2D eigenvalue weighted by molar-refractivity contribution is 7.09. The Kier molecular flexibility index (Phi) is 4.21. The van der Waals surface area contributed by atoms with Gasteiger partial charge in [-0.1, -0.05) is 0 Å². The van der Waals surface area contributed by atoms with Crippen LogP contribution in [0.3, 0.4) is 0 Å². The van der Waals surface area contributed by atoms with Gasteiger partial charge in [-0.3, -0.25) is 4.79 Å². The Balaban J connectivity index is 1.40. The summed E-state index contributed by atoms with van der Waals surface area (Å²) in [4.78, 5) is 21.5. The maximum absolute atomic E-state index is 13.4. The molecule has 2 aliphatic heterocycles. The molecule has 29 heavy (non-hydrogen) atoms. The lowest BCUT2D eigenvalue weighted by molar-refractivity contribution is 0.0638. The number of aromatic nitrogens is 5. The van der Waals surface area contributed by atoms with Crippen molar-refractivity contribution in [2.24, 2.45) is 0 Å². The van der Waals surface area contributed by atoms with E-state index in [4.69, 9.17) is 1.37 Å². The second-order valence-electron chi connectivity index (χ2n) is 7.23. The predicted octanol–water partition coefficient (Wildman–Crippen LogP) is 2.75. The first-order chi connectivity index (χ1) is 14.5. The summed E-state index contributed by atoms with van der Waals surface area (Å²) in [5.41, 5.74) is 0.292. The Bertz CT molecular complexity index is 1110. The fraction of sp³-hybridized carbons (Fsp3) is 0.421. The second kappa shape index (κ2) is 7.18. The normalized spacial score (nSPS) is 19.4. The Morgan fingerprint density at radius 3 is 2.83 bits per heavy atom. The van der Waals surface area contributed by atoms with Crippen molar-refractivity contribution in [1.29, 1.82) is 0 Å². The third-order valence-corrected chi connectivity index (χ3v) is 6.16.